The highest BCUT2D eigenvalue weighted by Crippen LogP contribution is 2.56. The van der Waals surface area contributed by atoms with Crippen molar-refractivity contribution in [1.29, 1.82) is 0 Å². The van der Waals surface area contributed by atoms with E-state index in [4.69, 9.17) is 0 Å². The van der Waals surface area contributed by atoms with Gasteiger partial charge in [0.2, 0.25) is 0 Å². The van der Waals surface area contributed by atoms with Gasteiger partial charge < -0.3 is 4.74 Å². The summed E-state index contributed by atoms with van der Waals surface area (Å²) in [6, 6.07) is 2.67. The van der Waals surface area contributed by atoms with Crippen LogP contribution in [0, 0.1) is 13.8 Å². The van der Waals surface area contributed by atoms with Crippen LogP contribution in [0.25, 0.3) is 0 Å². The summed E-state index contributed by atoms with van der Waals surface area (Å²) in [4.78, 5) is 11.7. The van der Waals surface area contributed by atoms with Crippen molar-refractivity contribution < 1.29 is 93.6 Å². The van der Waals surface area contributed by atoms with Crippen molar-refractivity contribution in [2.75, 3.05) is 0 Å². The van der Waals surface area contributed by atoms with Gasteiger partial charge in [-0.15, -0.1) is 0 Å². The Morgan fingerprint density at radius 3 is 1.50 bits per heavy atom. The lowest BCUT2D eigenvalue weighted by atomic mass is 10.1. The Morgan fingerprint density at radius 1 is 0.632 bits per heavy atom. The zero-order chi connectivity index (χ0) is 30.6. The molecule has 0 aliphatic carbocycles. The largest absolute Gasteiger partial charge is 0.462 e. The molecule has 220 valence electrons. The second-order valence-electron chi connectivity index (χ2n) is 7.08. The van der Waals surface area contributed by atoms with Gasteiger partial charge in [0.15, 0.2) is 0 Å². The molecule has 0 saturated heterocycles. The van der Waals surface area contributed by atoms with Crippen LogP contribution >= 0.6 is 0 Å². The molecule has 0 aliphatic rings. The van der Waals surface area contributed by atoms with Crippen LogP contribution in [-0.4, -0.2) is 54.3 Å². The quantitative estimate of drug-likeness (QED) is 0.182. The third kappa shape index (κ3) is 5.71. The van der Waals surface area contributed by atoms with E-state index >= 15 is 0 Å². The number of rotatable bonds is 8. The van der Waals surface area contributed by atoms with Gasteiger partial charge in [0.1, 0.15) is 5.75 Å². The molecule has 0 heterocycles. The van der Waals surface area contributed by atoms with Crippen molar-refractivity contribution in [3.05, 3.63) is 29.3 Å². The van der Waals surface area contributed by atoms with Crippen molar-refractivity contribution in [3.63, 3.8) is 0 Å². The van der Waals surface area contributed by atoms with E-state index in [-0.39, 0.29) is 11.1 Å². The number of hydrogen-bond acceptors (Lipinski definition) is 4. The highest BCUT2D eigenvalue weighted by atomic mass is 19.4. The summed E-state index contributed by atoms with van der Waals surface area (Å²) >= 11 is 0. The molecule has 2 atom stereocenters. The van der Waals surface area contributed by atoms with E-state index in [9.17, 15) is 79.4 Å². The molecule has 1 rings (SSSR count). The van der Waals surface area contributed by atoms with Gasteiger partial charge in [0, 0.05) is 0 Å². The number of alkyl halides is 17. The van der Waals surface area contributed by atoms with Crippen LogP contribution < -0.4 is 4.74 Å². The number of ether oxygens (including phenoxy) is 3. The van der Waals surface area contributed by atoms with Crippen molar-refractivity contribution in [2.45, 2.75) is 62.2 Å². The summed E-state index contributed by atoms with van der Waals surface area (Å²) < 4.78 is 230. The summed E-state index contributed by atoms with van der Waals surface area (Å²) in [6.45, 7) is 2.16. The molecule has 0 amide bonds. The van der Waals surface area contributed by atoms with Crippen LogP contribution in [-0.2, 0) is 14.3 Å². The number of carbonyl (C=O) groups is 1. The molecule has 38 heavy (non-hydrogen) atoms. The molecule has 21 heteroatoms. The number of aryl methyl sites for hydroxylation is 1. The van der Waals surface area contributed by atoms with E-state index < -0.39 is 60.1 Å². The molecule has 0 spiro atoms. The smallest absolute Gasteiger partial charge is 0.422 e. The highest BCUT2D eigenvalue weighted by Gasteiger charge is 2.85. The Balaban J connectivity index is 3.67. The van der Waals surface area contributed by atoms with Gasteiger partial charge in [0.25, 0.3) is 0 Å². The zero-order valence-electron chi connectivity index (χ0n) is 17.8. The molecule has 4 nitrogen and oxygen atoms in total. The van der Waals surface area contributed by atoms with Crippen LogP contribution in [0.2, 0.25) is 0 Å². The van der Waals surface area contributed by atoms with Crippen molar-refractivity contribution in [2.24, 2.45) is 0 Å². The normalized spacial score (nSPS) is 17.6. The van der Waals surface area contributed by atoms with Gasteiger partial charge >= 0.3 is 54.3 Å². The van der Waals surface area contributed by atoms with Gasteiger partial charge in [-0.05, 0) is 31.0 Å². The summed E-state index contributed by atoms with van der Waals surface area (Å²) in [7, 11) is 0. The van der Waals surface area contributed by atoms with E-state index in [1.807, 2.05) is 4.74 Å². The Kier molecular flexibility index (Phi) is 8.41. The average molecular weight is 600 g/mol. The van der Waals surface area contributed by atoms with Crippen LogP contribution in [0.15, 0.2) is 18.2 Å². The Hall–Kier alpha value is -2.58. The lowest BCUT2D eigenvalue weighted by molar-refractivity contribution is -0.548. The van der Waals surface area contributed by atoms with E-state index in [2.05, 4.69) is 4.74 Å². The van der Waals surface area contributed by atoms with Crippen LogP contribution in [0.1, 0.15) is 11.1 Å². The first-order valence-electron chi connectivity index (χ1n) is 8.89. The average Bonchev–Trinajstić information content (AvgIpc) is 2.67. The molecular formula is C17H9F17O4. The van der Waals surface area contributed by atoms with Crippen LogP contribution in [0.5, 0.6) is 5.75 Å². The maximum atomic E-state index is 14.5. The van der Waals surface area contributed by atoms with Gasteiger partial charge in [-0.3, -0.25) is 9.47 Å². The number of benzene rings is 1. The number of esters is 1. The summed E-state index contributed by atoms with van der Waals surface area (Å²) in [5, 5.41) is 0. The standard InChI is InChI=1S/C17H9F17O4/c1-6-4-3-5-8(7(6)2)36-9(35)10(18,13(22,23)24)37-17(33,34)12(21,15(28,29)30)38-16(31,32)11(19,20)14(25,26)27/h3-5H,1-2H3. The summed E-state index contributed by atoms with van der Waals surface area (Å²) in [5.41, 5.74) is -0.247. The van der Waals surface area contributed by atoms with E-state index in [1.165, 1.54) is 17.7 Å². The Morgan fingerprint density at radius 2 is 1.11 bits per heavy atom. The molecule has 1 aromatic rings. The minimum Gasteiger partial charge on any atom is -0.422 e. The number of hydrogen-bond donors (Lipinski definition) is 0. The number of halogens is 17. The molecule has 0 saturated carbocycles. The van der Waals surface area contributed by atoms with Gasteiger partial charge in [-0.25, -0.2) is 4.79 Å². The molecular weight excluding hydrogens is 591 g/mol. The second-order valence-corrected chi connectivity index (χ2v) is 7.08. The molecule has 0 aromatic heterocycles. The molecule has 0 radical (unpaired) electrons. The van der Waals surface area contributed by atoms with E-state index in [0.717, 1.165) is 13.0 Å². The molecule has 0 aliphatic heterocycles. The van der Waals surface area contributed by atoms with Crippen molar-refractivity contribution in [1.82, 2.24) is 0 Å². The summed E-state index contributed by atoms with van der Waals surface area (Å²) in [6.07, 6.45) is -38.7. The first kappa shape index (κ1) is 33.4. The lowest BCUT2D eigenvalue weighted by Gasteiger charge is -2.39. The minimum absolute atomic E-state index is 0.0686. The summed E-state index contributed by atoms with van der Waals surface area (Å²) in [5.74, 6) is -27.7. The predicted octanol–water partition coefficient (Wildman–Crippen LogP) is 7.08. The fraction of sp³-hybridized carbons (Fsp3) is 0.588. The van der Waals surface area contributed by atoms with Gasteiger partial charge in [0.05, 0.1) is 0 Å². The van der Waals surface area contributed by atoms with Gasteiger partial charge in [-0.1, -0.05) is 12.1 Å². The molecule has 0 bridgehead atoms. The predicted molar refractivity (Wildman–Crippen MR) is 84.4 cm³/mol. The fourth-order valence-electron chi connectivity index (χ4n) is 2.15. The highest BCUT2D eigenvalue weighted by molar-refractivity contribution is 5.81. The van der Waals surface area contributed by atoms with Crippen LogP contribution in [0.4, 0.5) is 74.6 Å². The first-order valence-corrected chi connectivity index (χ1v) is 8.89. The Bertz CT molecular complexity index is 1030. The molecule has 0 fully saturated rings. The zero-order valence-corrected chi connectivity index (χ0v) is 17.8. The third-order valence-corrected chi connectivity index (χ3v) is 4.38. The van der Waals surface area contributed by atoms with Crippen LogP contribution in [0.3, 0.4) is 0 Å². The second kappa shape index (κ2) is 9.56. The minimum atomic E-state index is -8.08. The maximum absolute atomic E-state index is 14.5. The van der Waals surface area contributed by atoms with E-state index in [1.54, 1.807) is 0 Å². The number of carbonyl (C=O) groups excluding carboxylic acids is 1. The van der Waals surface area contributed by atoms with Gasteiger partial charge in [-0.2, -0.15) is 74.6 Å². The third-order valence-electron chi connectivity index (χ3n) is 4.38. The maximum Gasteiger partial charge on any atom is 0.462 e. The molecule has 0 N–H and O–H groups in total. The topological polar surface area (TPSA) is 44.8 Å². The lowest BCUT2D eigenvalue weighted by Crippen LogP contribution is -2.68. The molecule has 1 aromatic carbocycles. The van der Waals surface area contributed by atoms with Crippen molar-refractivity contribution >= 4 is 5.97 Å². The fourth-order valence-corrected chi connectivity index (χ4v) is 2.15. The monoisotopic (exact) mass is 600 g/mol. The van der Waals surface area contributed by atoms with Crippen molar-refractivity contribution in [3.8, 4) is 5.75 Å². The SMILES string of the molecule is Cc1cccc(OC(=O)C(F)(OC(F)(F)C(F)(OC(F)(F)C(F)(F)C(F)(F)F)C(F)(F)F)C(F)(F)F)c1C. The Labute approximate surface area is 198 Å². The first-order chi connectivity index (χ1) is 16.5. The molecule has 2 unspecified atom stereocenters. The van der Waals surface area contributed by atoms with E-state index in [0.29, 0.717) is 6.07 Å².